The van der Waals surface area contributed by atoms with Crippen molar-refractivity contribution in [3.63, 3.8) is 0 Å². The van der Waals surface area contributed by atoms with Gasteiger partial charge in [0.15, 0.2) is 5.16 Å². The molecule has 3 aromatic carbocycles. The topological polar surface area (TPSA) is 95.1 Å². The molecule has 10 heteroatoms. The maximum Gasteiger partial charge on any atom is 0.270 e. The number of hydrogen-bond donors (Lipinski definition) is 0. The average molecular weight is 460 g/mol. The number of fused-ring (bicyclic) bond motifs is 1. The van der Waals surface area contributed by atoms with E-state index in [1.807, 2.05) is 12.1 Å². The second-order valence-electron chi connectivity index (χ2n) is 6.32. The zero-order chi connectivity index (χ0) is 21.3. The smallest absolute Gasteiger partial charge is 0.258 e. The number of rotatable bonds is 6. The van der Waals surface area contributed by atoms with Crippen LogP contribution in [0.2, 0.25) is 5.02 Å². The van der Waals surface area contributed by atoms with Crippen LogP contribution in [-0.4, -0.2) is 22.3 Å². The minimum Gasteiger partial charge on any atom is -0.258 e. The molecule has 30 heavy (non-hydrogen) atoms. The number of aromatic nitrogens is 2. The molecule has 152 valence electrons. The number of non-ortho nitro benzene ring substituents is 1. The molecule has 0 fully saturated rings. The number of hydrogen-bond acceptors (Lipinski definition) is 6. The molecule has 0 unspecified atom stereocenters. The zero-order valence-corrected chi connectivity index (χ0v) is 17.7. The number of nitro benzene ring substituents is 1. The van der Waals surface area contributed by atoms with E-state index in [0.717, 1.165) is 15.6 Å². The second-order valence-corrected chi connectivity index (χ2v) is 9.49. The summed E-state index contributed by atoms with van der Waals surface area (Å²) in [4.78, 5) is 14.8. The van der Waals surface area contributed by atoms with Gasteiger partial charge in [0, 0.05) is 22.9 Å². The molecule has 7 nitrogen and oxygen atoms in total. The van der Waals surface area contributed by atoms with Gasteiger partial charge in [-0.15, -0.1) is 0 Å². The number of thioether (sulfide) groups is 1. The fraction of sp³-hybridized carbons (Fsp3) is 0.0500. The summed E-state index contributed by atoms with van der Waals surface area (Å²) in [6, 6.07) is 19.1. The van der Waals surface area contributed by atoms with Gasteiger partial charge in [0.1, 0.15) is 0 Å². The highest BCUT2D eigenvalue weighted by atomic mass is 35.5. The van der Waals surface area contributed by atoms with Crippen LogP contribution in [-0.2, 0) is 15.8 Å². The van der Waals surface area contributed by atoms with Crippen molar-refractivity contribution in [2.45, 2.75) is 15.8 Å². The molecular formula is C20H14ClN3O4S2. The van der Waals surface area contributed by atoms with Crippen LogP contribution >= 0.6 is 23.4 Å². The first-order valence-corrected chi connectivity index (χ1v) is 11.5. The third-order valence-corrected chi connectivity index (χ3v) is 7.42. The van der Waals surface area contributed by atoms with Crippen molar-refractivity contribution in [1.29, 1.82) is 0 Å². The van der Waals surface area contributed by atoms with Gasteiger partial charge in [-0.25, -0.2) is 17.4 Å². The molecule has 0 aliphatic heterocycles. The van der Waals surface area contributed by atoms with Crippen LogP contribution in [0.3, 0.4) is 0 Å². The van der Waals surface area contributed by atoms with Crippen LogP contribution in [0.4, 0.5) is 5.69 Å². The lowest BCUT2D eigenvalue weighted by molar-refractivity contribution is -0.385. The molecular weight excluding hydrogens is 446 g/mol. The van der Waals surface area contributed by atoms with Crippen LogP contribution < -0.4 is 0 Å². The predicted octanol–water partition coefficient (Wildman–Crippen LogP) is 5.13. The quantitative estimate of drug-likeness (QED) is 0.225. The molecule has 4 aromatic rings. The first kappa shape index (κ1) is 20.4. The van der Waals surface area contributed by atoms with Crippen LogP contribution in [0.5, 0.6) is 0 Å². The minimum absolute atomic E-state index is 0.173. The molecule has 0 aliphatic rings. The number of para-hydroxylation sites is 2. The van der Waals surface area contributed by atoms with E-state index in [0.29, 0.717) is 21.8 Å². The Bertz CT molecular complexity index is 1350. The van der Waals surface area contributed by atoms with Crippen LogP contribution in [0.25, 0.3) is 11.0 Å². The summed E-state index contributed by atoms with van der Waals surface area (Å²) in [6.45, 7) is 0. The number of halogens is 1. The van der Waals surface area contributed by atoms with Crippen LogP contribution in [0.15, 0.2) is 82.8 Å². The van der Waals surface area contributed by atoms with Gasteiger partial charge in [0.2, 0.25) is 0 Å². The van der Waals surface area contributed by atoms with E-state index in [2.05, 4.69) is 4.98 Å². The summed E-state index contributed by atoms with van der Waals surface area (Å²) < 4.78 is 28.0. The monoisotopic (exact) mass is 459 g/mol. The third kappa shape index (κ3) is 3.91. The summed E-state index contributed by atoms with van der Waals surface area (Å²) in [5.41, 5.74) is 1.58. The van der Waals surface area contributed by atoms with Gasteiger partial charge in [-0.3, -0.25) is 10.1 Å². The van der Waals surface area contributed by atoms with Gasteiger partial charge in [-0.1, -0.05) is 53.7 Å². The Balaban J connectivity index is 1.80. The Labute approximate surface area is 181 Å². The molecule has 0 saturated carbocycles. The van der Waals surface area contributed by atoms with Crippen molar-refractivity contribution in [2.24, 2.45) is 0 Å². The largest absolute Gasteiger partial charge is 0.270 e. The molecule has 0 spiro atoms. The van der Waals surface area contributed by atoms with Gasteiger partial charge in [-0.05, 0) is 35.9 Å². The number of benzene rings is 3. The summed E-state index contributed by atoms with van der Waals surface area (Å²) >= 11 is 7.18. The third-order valence-electron chi connectivity index (χ3n) is 4.34. The summed E-state index contributed by atoms with van der Waals surface area (Å²) in [5.74, 6) is 0.477. The Morgan fingerprint density at radius 3 is 2.50 bits per heavy atom. The first-order valence-electron chi connectivity index (χ1n) is 8.71. The Morgan fingerprint density at radius 2 is 1.77 bits per heavy atom. The maximum absolute atomic E-state index is 13.4. The number of imidazole rings is 1. The number of nitrogens with zero attached hydrogens (tertiary/aromatic N) is 3. The highest BCUT2D eigenvalue weighted by Gasteiger charge is 2.26. The van der Waals surface area contributed by atoms with Crippen molar-refractivity contribution in [1.82, 2.24) is 8.96 Å². The van der Waals surface area contributed by atoms with E-state index < -0.39 is 14.9 Å². The van der Waals surface area contributed by atoms with Crippen LogP contribution in [0, 0.1) is 10.1 Å². The SMILES string of the molecule is O=[N+]([O-])c1cccc(S(=O)(=O)n2c(SCc3ccc(Cl)cc3)nc3ccccc32)c1. The molecule has 0 N–H and O–H groups in total. The summed E-state index contributed by atoms with van der Waals surface area (Å²) in [5, 5.41) is 12.0. The van der Waals surface area contributed by atoms with Crippen molar-refractivity contribution < 1.29 is 13.3 Å². The van der Waals surface area contributed by atoms with Crippen LogP contribution in [0.1, 0.15) is 5.56 Å². The van der Waals surface area contributed by atoms with E-state index in [1.165, 1.54) is 30.0 Å². The fourth-order valence-electron chi connectivity index (χ4n) is 2.90. The lowest BCUT2D eigenvalue weighted by atomic mass is 10.2. The zero-order valence-electron chi connectivity index (χ0n) is 15.3. The van der Waals surface area contributed by atoms with E-state index in [4.69, 9.17) is 11.6 Å². The first-order chi connectivity index (χ1) is 14.4. The lowest BCUT2D eigenvalue weighted by Gasteiger charge is -2.10. The second kappa shape index (κ2) is 8.10. The van der Waals surface area contributed by atoms with E-state index in [1.54, 1.807) is 36.4 Å². The van der Waals surface area contributed by atoms with Crippen molar-refractivity contribution in [3.05, 3.63) is 93.5 Å². The highest BCUT2D eigenvalue weighted by Crippen LogP contribution is 2.31. The highest BCUT2D eigenvalue weighted by molar-refractivity contribution is 7.99. The maximum atomic E-state index is 13.4. The van der Waals surface area contributed by atoms with E-state index in [9.17, 15) is 18.5 Å². The molecule has 1 heterocycles. The molecule has 0 bridgehead atoms. The van der Waals surface area contributed by atoms with Gasteiger partial charge in [0.25, 0.3) is 15.7 Å². The Kier molecular flexibility index (Phi) is 5.50. The standard InChI is InChI=1S/C20H14ClN3O4S2/c21-15-10-8-14(9-11-15)13-29-20-22-18-6-1-2-7-19(18)23(20)30(27,28)17-5-3-4-16(12-17)24(25)26/h1-12H,13H2. The van der Waals surface area contributed by atoms with Crippen molar-refractivity contribution in [2.75, 3.05) is 0 Å². The van der Waals surface area contributed by atoms with E-state index >= 15 is 0 Å². The molecule has 0 amide bonds. The predicted molar refractivity (Wildman–Crippen MR) is 116 cm³/mol. The minimum atomic E-state index is -4.11. The molecule has 1 aromatic heterocycles. The Hall–Kier alpha value is -2.88. The molecule has 0 radical (unpaired) electrons. The molecule has 0 atom stereocenters. The summed E-state index contributed by atoms with van der Waals surface area (Å²) in [7, 11) is -4.11. The Morgan fingerprint density at radius 1 is 1.03 bits per heavy atom. The summed E-state index contributed by atoms with van der Waals surface area (Å²) in [6.07, 6.45) is 0. The number of nitro groups is 1. The fourth-order valence-corrected chi connectivity index (χ4v) is 5.73. The van der Waals surface area contributed by atoms with Crippen molar-refractivity contribution >= 4 is 50.1 Å². The normalized spacial score (nSPS) is 11.6. The van der Waals surface area contributed by atoms with Gasteiger partial charge < -0.3 is 0 Å². The van der Waals surface area contributed by atoms with Gasteiger partial charge in [0.05, 0.1) is 20.9 Å². The molecule has 0 aliphatic carbocycles. The molecule has 4 rings (SSSR count). The van der Waals surface area contributed by atoms with Crippen molar-refractivity contribution in [3.8, 4) is 0 Å². The van der Waals surface area contributed by atoms with Gasteiger partial charge in [-0.2, -0.15) is 0 Å². The van der Waals surface area contributed by atoms with Gasteiger partial charge >= 0.3 is 0 Å². The average Bonchev–Trinajstić information content (AvgIpc) is 3.12. The lowest BCUT2D eigenvalue weighted by Crippen LogP contribution is -2.14. The van der Waals surface area contributed by atoms with E-state index in [-0.39, 0.29) is 15.7 Å². The molecule has 0 saturated heterocycles.